The number of anilines is 1. The van der Waals surface area contributed by atoms with Crippen molar-refractivity contribution in [2.24, 2.45) is 0 Å². The van der Waals surface area contributed by atoms with E-state index in [1.54, 1.807) is 18.2 Å². The highest BCUT2D eigenvalue weighted by Crippen LogP contribution is 2.26. The smallest absolute Gasteiger partial charge is 0.244 e. The molecule has 2 aromatic rings. The Bertz CT molecular complexity index is 889. The van der Waals surface area contributed by atoms with Crippen LogP contribution in [0.5, 0.6) is 0 Å². The Labute approximate surface area is 145 Å². The maximum absolute atomic E-state index is 12.7. The molecule has 3 rings (SSSR count). The van der Waals surface area contributed by atoms with Crippen LogP contribution in [0.1, 0.15) is 5.69 Å². The van der Waals surface area contributed by atoms with E-state index < -0.39 is 10.0 Å². The summed E-state index contributed by atoms with van der Waals surface area (Å²) in [4.78, 5) is 10.1. The number of nitrogens with zero attached hydrogens (tertiary/aromatic N) is 5. The van der Waals surface area contributed by atoms with Gasteiger partial charge in [0.15, 0.2) is 11.5 Å². The van der Waals surface area contributed by atoms with Gasteiger partial charge < -0.3 is 4.90 Å². The maximum Gasteiger partial charge on any atom is 0.244 e. The number of halogens is 1. The third kappa shape index (κ3) is 3.06. The van der Waals surface area contributed by atoms with Crippen molar-refractivity contribution in [3.63, 3.8) is 0 Å². The molecule has 0 atom stereocenters. The van der Waals surface area contributed by atoms with Crippen LogP contribution in [-0.4, -0.2) is 48.9 Å². The van der Waals surface area contributed by atoms with Gasteiger partial charge >= 0.3 is 0 Å². The Morgan fingerprint density at radius 2 is 1.75 bits per heavy atom. The van der Waals surface area contributed by atoms with Crippen LogP contribution in [0.3, 0.4) is 0 Å². The fourth-order valence-corrected chi connectivity index (χ4v) is 4.49. The monoisotopic (exact) mass is 363 g/mol. The summed E-state index contributed by atoms with van der Waals surface area (Å²) in [7, 11) is -3.64. The molecule has 9 heteroatoms. The molecule has 0 unspecified atom stereocenters. The molecular formula is C15H14ClN5O2S. The summed E-state index contributed by atoms with van der Waals surface area (Å²) in [6.07, 6.45) is 2.98. The molecule has 0 bridgehead atoms. The second-order valence-corrected chi connectivity index (χ2v) is 7.48. The normalized spacial score (nSPS) is 15.9. The number of sulfonamides is 1. The van der Waals surface area contributed by atoms with E-state index in [1.165, 1.54) is 22.8 Å². The molecule has 2 heterocycles. The molecular weight excluding hydrogens is 350 g/mol. The van der Waals surface area contributed by atoms with Crippen LogP contribution in [0, 0.1) is 11.3 Å². The van der Waals surface area contributed by atoms with Gasteiger partial charge in [0, 0.05) is 38.6 Å². The number of nitriles is 1. The maximum atomic E-state index is 12.7. The molecule has 0 radical (unpaired) electrons. The zero-order valence-corrected chi connectivity index (χ0v) is 14.2. The van der Waals surface area contributed by atoms with Crippen LogP contribution in [-0.2, 0) is 10.0 Å². The standard InChI is InChI=1S/C15H14ClN5O2S/c16-12-3-1-2-4-14(12)24(22,23)21-9-7-20(8-10-21)15-13(11-17)18-5-6-19-15/h1-6H,7-10H2. The Morgan fingerprint density at radius 1 is 1.08 bits per heavy atom. The number of benzene rings is 1. The number of hydrogen-bond acceptors (Lipinski definition) is 6. The summed E-state index contributed by atoms with van der Waals surface area (Å²) in [6.45, 7) is 1.43. The first-order chi connectivity index (χ1) is 11.5. The predicted octanol–water partition coefficient (Wildman–Crippen LogP) is 1.51. The first kappa shape index (κ1) is 16.6. The van der Waals surface area contributed by atoms with Crippen molar-refractivity contribution in [2.75, 3.05) is 31.1 Å². The highest BCUT2D eigenvalue weighted by atomic mass is 35.5. The summed E-state index contributed by atoms with van der Waals surface area (Å²) in [5.74, 6) is 0.481. The van der Waals surface area contributed by atoms with Gasteiger partial charge in [0.05, 0.1) is 5.02 Å². The van der Waals surface area contributed by atoms with Crippen LogP contribution in [0.25, 0.3) is 0 Å². The highest BCUT2D eigenvalue weighted by Gasteiger charge is 2.30. The summed E-state index contributed by atoms with van der Waals surface area (Å²) >= 11 is 6.02. The fourth-order valence-electron chi connectivity index (χ4n) is 2.57. The molecule has 0 N–H and O–H groups in total. The average Bonchev–Trinajstić information content (AvgIpc) is 2.62. The van der Waals surface area contributed by atoms with E-state index in [1.807, 2.05) is 11.0 Å². The summed E-state index contributed by atoms with van der Waals surface area (Å²) in [6, 6.07) is 8.40. The number of piperazine rings is 1. The summed E-state index contributed by atoms with van der Waals surface area (Å²) in [5.41, 5.74) is 0.236. The quantitative estimate of drug-likeness (QED) is 0.821. The molecule has 124 valence electrons. The van der Waals surface area contributed by atoms with Crippen molar-refractivity contribution >= 4 is 27.4 Å². The van der Waals surface area contributed by atoms with E-state index in [0.717, 1.165) is 0 Å². The lowest BCUT2D eigenvalue weighted by Gasteiger charge is -2.34. The molecule has 7 nitrogen and oxygen atoms in total. The Morgan fingerprint density at radius 3 is 2.42 bits per heavy atom. The highest BCUT2D eigenvalue weighted by molar-refractivity contribution is 7.89. The van der Waals surface area contributed by atoms with Gasteiger partial charge in [-0.05, 0) is 12.1 Å². The third-order valence-corrected chi connectivity index (χ3v) is 6.18. The Kier molecular flexibility index (Phi) is 4.66. The Balaban J connectivity index is 1.78. The lowest BCUT2D eigenvalue weighted by Crippen LogP contribution is -2.49. The fraction of sp³-hybridized carbons (Fsp3) is 0.267. The van der Waals surface area contributed by atoms with Crippen LogP contribution in [0.15, 0.2) is 41.6 Å². The van der Waals surface area contributed by atoms with Crippen LogP contribution >= 0.6 is 11.6 Å². The van der Waals surface area contributed by atoms with Crippen molar-refractivity contribution in [1.29, 1.82) is 5.26 Å². The van der Waals surface area contributed by atoms with Gasteiger partial charge in [0.25, 0.3) is 0 Å². The first-order valence-electron chi connectivity index (χ1n) is 7.25. The largest absolute Gasteiger partial charge is 0.352 e. The van der Waals surface area contributed by atoms with Crippen molar-refractivity contribution in [2.45, 2.75) is 4.90 Å². The number of aromatic nitrogens is 2. The van der Waals surface area contributed by atoms with Gasteiger partial charge in [-0.3, -0.25) is 0 Å². The lowest BCUT2D eigenvalue weighted by atomic mass is 10.3. The van der Waals surface area contributed by atoms with E-state index in [-0.39, 0.29) is 28.7 Å². The van der Waals surface area contributed by atoms with Crippen molar-refractivity contribution < 1.29 is 8.42 Å². The minimum absolute atomic E-state index is 0.109. The SMILES string of the molecule is N#Cc1nccnc1N1CCN(S(=O)(=O)c2ccccc2Cl)CC1. The molecule has 1 aliphatic rings. The third-order valence-electron chi connectivity index (χ3n) is 3.78. The molecule has 0 spiro atoms. The molecule has 1 aromatic carbocycles. The van der Waals surface area contributed by atoms with E-state index in [9.17, 15) is 8.42 Å². The molecule has 0 amide bonds. The van der Waals surface area contributed by atoms with Gasteiger partial charge in [-0.25, -0.2) is 18.4 Å². The zero-order valence-electron chi connectivity index (χ0n) is 12.6. The van der Waals surface area contributed by atoms with E-state index in [4.69, 9.17) is 16.9 Å². The predicted molar refractivity (Wildman–Crippen MR) is 89.2 cm³/mol. The zero-order chi connectivity index (χ0) is 17.2. The molecule has 1 saturated heterocycles. The minimum atomic E-state index is -3.64. The van der Waals surface area contributed by atoms with Gasteiger partial charge in [0.1, 0.15) is 11.0 Å². The molecule has 1 fully saturated rings. The molecule has 1 aromatic heterocycles. The lowest BCUT2D eigenvalue weighted by molar-refractivity contribution is 0.383. The van der Waals surface area contributed by atoms with Gasteiger partial charge in [-0.1, -0.05) is 23.7 Å². The topological polar surface area (TPSA) is 90.2 Å². The van der Waals surface area contributed by atoms with Crippen molar-refractivity contribution in [1.82, 2.24) is 14.3 Å². The summed E-state index contributed by atoms with van der Waals surface area (Å²) < 4.78 is 26.8. The van der Waals surface area contributed by atoms with Gasteiger partial charge in [0.2, 0.25) is 10.0 Å². The van der Waals surface area contributed by atoms with Gasteiger partial charge in [-0.2, -0.15) is 9.57 Å². The van der Waals surface area contributed by atoms with Crippen molar-refractivity contribution in [3.05, 3.63) is 47.4 Å². The second kappa shape index (κ2) is 6.73. The molecule has 0 aliphatic carbocycles. The van der Waals surface area contributed by atoms with Crippen molar-refractivity contribution in [3.8, 4) is 6.07 Å². The van der Waals surface area contributed by atoms with Crippen LogP contribution in [0.4, 0.5) is 5.82 Å². The molecule has 24 heavy (non-hydrogen) atoms. The Hall–Kier alpha value is -2.21. The minimum Gasteiger partial charge on any atom is -0.352 e. The molecule has 0 saturated carbocycles. The van der Waals surface area contributed by atoms with E-state index in [2.05, 4.69) is 9.97 Å². The second-order valence-electron chi connectivity index (χ2n) is 5.16. The van der Waals surface area contributed by atoms with E-state index in [0.29, 0.717) is 18.9 Å². The average molecular weight is 364 g/mol. The van der Waals surface area contributed by atoms with Crippen LogP contribution in [0.2, 0.25) is 5.02 Å². The molecule has 1 aliphatic heterocycles. The number of rotatable bonds is 3. The number of hydrogen-bond donors (Lipinski definition) is 0. The van der Waals surface area contributed by atoms with Crippen LogP contribution < -0.4 is 4.90 Å². The van der Waals surface area contributed by atoms with E-state index >= 15 is 0 Å². The summed E-state index contributed by atoms with van der Waals surface area (Å²) in [5, 5.41) is 9.32. The van der Waals surface area contributed by atoms with Gasteiger partial charge in [-0.15, -0.1) is 0 Å². The first-order valence-corrected chi connectivity index (χ1v) is 9.06.